The molecule has 0 amide bonds. The molecule has 2 spiro atoms. The van der Waals surface area contributed by atoms with E-state index in [0.29, 0.717) is 0 Å². The number of nitrogens with zero attached hydrogens (tertiary/aromatic N) is 2. The van der Waals surface area contributed by atoms with Gasteiger partial charge in [0.05, 0.1) is 5.69 Å². The second kappa shape index (κ2) is 10.9. The average molecular weight is 705 g/mol. The number of fused-ring (bicyclic) bond motifs is 14. The summed E-state index contributed by atoms with van der Waals surface area (Å²) in [5.74, 6) is 0. The van der Waals surface area contributed by atoms with E-state index < -0.39 is 0 Å². The van der Waals surface area contributed by atoms with E-state index in [1.807, 2.05) is 0 Å². The van der Waals surface area contributed by atoms with Gasteiger partial charge in [-0.1, -0.05) is 135 Å². The van der Waals surface area contributed by atoms with E-state index in [-0.39, 0.29) is 17.5 Å². The predicted molar refractivity (Wildman–Crippen MR) is 230 cm³/mol. The fraction of sp³-hybridized carbons (Fsp3) is 0.192. The molecule has 2 nitrogen and oxygen atoms in total. The van der Waals surface area contributed by atoms with Crippen LogP contribution in [-0.2, 0) is 10.8 Å². The van der Waals surface area contributed by atoms with Gasteiger partial charge >= 0.3 is 0 Å². The quantitative estimate of drug-likeness (QED) is 0.165. The van der Waals surface area contributed by atoms with Gasteiger partial charge in [-0.15, -0.1) is 0 Å². The molecule has 2 fully saturated rings. The van der Waals surface area contributed by atoms with Gasteiger partial charge in [0, 0.05) is 44.8 Å². The molecule has 6 aliphatic rings. The normalized spacial score (nSPS) is 18.1. The van der Waals surface area contributed by atoms with Crippen LogP contribution in [0.2, 0.25) is 0 Å². The molecule has 0 unspecified atom stereocenters. The summed E-state index contributed by atoms with van der Waals surface area (Å²) in [6.45, 7) is 0.108. The van der Waals surface area contributed by atoms with E-state index in [1.165, 1.54) is 130 Å². The second-order valence-corrected chi connectivity index (χ2v) is 17.0. The van der Waals surface area contributed by atoms with Gasteiger partial charge in [0.25, 0.3) is 6.71 Å². The van der Waals surface area contributed by atoms with E-state index in [4.69, 9.17) is 0 Å². The molecule has 0 atom stereocenters. The molecular formula is C52H41BN2. The van der Waals surface area contributed by atoms with Crippen molar-refractivity contribution < 1.29 is 0 Å². The lowest BCUT2D eigenvalue weighted by molar-refractivity contribution is 0.550. The summed E-state index contributed by atoms with van der Waals surface area (Å²) in [6, 6.07) is 58.7. The SMILES string of the molecule is c1ccc(N2c3ccccc3B3c4cc5c(cc4N(c4cccc6c4-c4ccccc4C64CCCC4)c4cccc2c43)C2(CCCC2)c2ccccc2-5)cc1. The Morgan fingerprint density at radius 1 is 0.382 bits per heavy atom. The van der Waals surface area contributed by atoms with Crippen LogP contribution in [0.25, 0.3) is 22.3 Å². The third-order valence-electron chi connectivity index (χ3n) is 14.7. The minimum Gasteiger partial charge on any atom is -0.311 e. The fourth-order valence-electron chi connectivity index (χ4n) is 12.7. The topological polar surface area (TPSA) is 6.48 Å². The lowest BCUT2D eigenvalue weighted by Crippen LogP contribution is -2.61. The van der Waals surface area contributed by atoms with Gasteiger partial charge in [-0.3, -0.25) is 0 Å². The van der Waals surface area contributed by atoms with E-state index in [0.717, 1.165) is 0 Å². The number of hydrogen-bond donors (Lipinski definition) is 0. The first-order valence-electron chi connectivity index (χ1n) is 20.7. The molecule has 0 saturated heterocycles. The molecule has 2 aliphatic heterocycles. The molecule has 7 aromatic carbocycles. The fourth-order valence-corrected chi connectivity index (χ4v) is 12.7. The number of anilines is 6. The number of hydrogen-bond acceptors (Lipinski definition) is 2. The zero-order valence-electron chi connectivity index (χ0n) is 31.1. The Balaban J connectivity index is 1.15. The van der Waals surface area contributed by atoms with Crippen LogP contribution >= 0.6 is 0 Å². The summed E-state index contributed by atoms with van der Waals surface area (Å²) in [4.78, 5) is 5.24. The first-order valence-corrected chi connectivity index (χ1v) is 20.7. The van der Waals surface area contributed by atoms with E-state index >= 15 is 0 Å². The summed E-state index contributed by atoms with van der Waals surface area (Å²) >= 11 is 0. The van der Waals surface area contributed by atoms with Crippen molar-refractivity contribution in [2.45, 2.75) is 62.2 Å². The first kappa shape index (κ1) is 30.5. The Bertz CT molecular complexity index is 2750. The Kier molecular flexibility index (Phi) is 6.06. The van der Waals surface area contributed by atoms with Crippen molar-refractivity contribution in [3.05, 3.63) is 174 Å². The van der Waals surface area contributed by atoms with Crippen molar-refractivity contribution in [1.29, 1.82) is 0 Å². The Morgan fingerprint density at radius 2 is 0.945 bits per heavy atom. The zero-order valence-corrected chi connectivity index (χ0v) is 31.1. The lowest BCUT2D eigenvalue weighted by Gasteiger charge is -2.45. The minimum atomic E-state index is 0.0858. The third-order valence-corrected chi connectivity index (χ3v) is 14.7. The molecule has 3 heteroatoms. The molecule has 0 radical (unpaired) electrons. The summed E-state index contributed by atoms with van der Waals surface area (Å²) in [7, 11) is 0. The van der Waals surface area contributed by atoms with Gasteiger partial charge in [0.1, 0.15) is 0 Å². The lowest BCUT2D eigenvalue weighted by atomic mass is 9.33. The van der Waals surface area contributed by atoms with Gasteiger partial charge in [-0.25, -0.2) is 0 Å². The van der Waals surface area contributed by atoms with Crippen molar-refractivity contribution in [2.24, 2.45) is 0 Å². The summed E-state index contributed by atoms with van der Waals surface area (Å²) in [6.07, 6.45) is 10.1. The van der Waals surface area contributed by atoms with E-state index in [1.54, 1.807) is 16.7 Å². The predicted octanol–water partition coefficient (Wildman–Crippen LogP) is 11.5. The van der Waals surface area contributed by atoms with Crippen molar-refractivity contribution >= 4 is 57.2 Å². The molecule has 262 valence electrons. The molecular weight excluding hydrogens is 663 g/mol. The number of rotatable bonds is 2. The van der Waals surface area contributed by atoms with Gasteiger partial charge in [-0.05, 0) is 123 Å². The molecule has 0 aromatic heterocycles. The van der Waals surface area contributed by atoms with Crippen LogP contribution in [0.1, 0.15) is 73.6 Å². The maximum absolute atomic E-state index is 2.72. The first-order chi connectivity index (χ1) is 27.3. The molecule has 13 rings (SSSR count). The average Bonchev–Trinajstić information content (AvgIpc) is 4.05. The van der Waals surface area contributed by atoms with Crippen LogP contribution in [-0.4, -0.2) is 6.71 Å². The maximum Gasteiger partial charge on any atom is 0.252 e. The Hall–Kier alpha value is -5.80. The molecule has 2 saturated carbocycles. The smallest absolute Gasteiger partial charge is 0.252 e. The zero-order chi connectivity index (χ0) is 35.9. The van der Waals surface area contributed by atoms with Gasteiger partial charge < -0.3 is 9.80 Å². The second-order valence-electron chi connectivity index (χ2n) is 17.0. The monoisotopic (exact) mass is 704 g/mol. The standard InChI is InChI=1S/C52H41BN2/c1-2-16-34(17-3-1)54-44-24-9-8-23-42(44)53-43-32-37-35-18-4-6-20-38(35)52(30-12-13-31-52)41(37)33-48(43)55(47-27-15-26-46(54)50(47)53)45-25-14-22-40-49(45)36-19-5-7-21-39(36)51(40)28-10-11-29-51/h1-9,14-27,32-33H,10-13,28-31H2. The van der Waals surface area contributed by atoms with Gasteiger partial charge in [-0.2, -0.15) is 0 Å². The van der Waals surface area contributed by atoms with Crippen LogP contribution in [0, 0.1) is 0 Å². The molecule has 7 aromatic rings. The molecule has 55 heavy (non-hydrogen) atoms. The van der Waals surface area contributed by atoms with Crippen LogP contribution < -0.4 is 26.2 Å². The molecule has 4 aliphatic carbocycles. The largest absolute Gasteiger partial charge is 0.311 e. The number of para-hydroxylation sites is 2. The van der Waals surface area contributed by atoms with E-state index in [2.05, 4.69) is 161 Å². The highest BCUT2D eigenvalue weighted by Crippen LogP contribution is 2.62. The number of benzene rings is 7. The van der Waals surface area contributed by atoms with Gasteiger partial charge in [0.15, 0.2) is 0 Å². The van der Waals surface area contributed by atoms with Crippen molar-refractivity contribution in [3.63, 3.8) is 0 Å². The summed E-state index contributed by atoms with van der Waals surface area (Å²) in [5, 5.41) is 0. The molecule has 0 N–H and O–H groups in total. The maximum atomic E-state index is 2.72. The van der Waals surface area contributed by atoms with Crippen molar-refractivity contribution in [3.8, 4) is 22.3 Å². The van der Waals surface area contributed by atoms with Crippen LogP contribution in [0.5, 0.6) is 0 Å². The minimum absolute atomic E-state index is 0.0858. The highest BCUT2D eigenvalue weighted by atomic mass is 15.2. The van der Waals surface area contributed by atoms with E-state index in [9.17, 15) is 0 Å². The molecule has 0 bridgehead atoms. The van der Waals surface area contributed by atoms with Crippen molar-refractivity contribution in [2.75, 3.05) is 9.80 Å². The van der Waals surface area contributed by atoms with Gasteiger partial charge in [0.2, 0.25) is 0 Å². The van der Waals surface area contributed by atoms with Crippen molar-refractivity contribution in [1.82, 2.24) is 0 Å². The highest BCUT2D eigenvalue weighted by Gasteiger charge is 2.51. The van der Waals surface area contributed by atoms with Crippen LogP contribution in [0.15, 0.2) is 152 Å². The third kappa shape index (κ3) is 3.77. The highest BCUT2D eigenvalue weighted by molar-refractivity contribution is 7.00. The van der Waals surface area contributed by atoms with Crippen LogP contribution in [0.3, 0.4) is 0 Å². The molecule has 2 heterocycles. The summed E-state index contributed by atoms with van der Waals surface area (Å²) < 4.78 is 0. The Labute approximate surface area is 324 Å². The van der Waals surface area contributed by atoms with Crippen LogP contribution in [0.4, 0.5) is 34.1 Å². The summed E-state index contributed by atoms with van der Waals surface area (Å²) in [5.41, 5.74) is 24.1. The Morgan fingerprint density at radius 3 is 1.73 bits per heavy atom.